The predicted octanol–water partition coefficient (Wildman–Crippen LogP) is 4.59. The largest absolute Gasteiger partial charge is 0.260 e. The number of hydrogen-bond donors (Lipinski definition) is 0. The van der Waals surface area contributed by atoms with Crippen LogP contribution in [0.4, 0.5) is 5.69 Å². The van der Waals surface area contributed by atoms with Crippen molar-refractivity contribution < 1.29 is 0 Å². The van der Waals surface area contributed by atoms with Crippen LogP contribution in [0.3, 0.4) is 0 Å². The van der Waals surface area contributed by atoms with Crippen LogP contribution < -0.4 is 0 Å². The van der Waals surface area contributed by atoms with Crippen molar-refractivity contribution in [2.75, 3.05) is 0 Å². The maximum atomic E-state index is 4.31. The molecule has 1 rings (SSSR count). The lowest BCUT2D eigenvalue weighted by Crippen LogP contribution is -1.72. The van der Waals surface area contributed by atoms with Crippen LogP contribution in [0.5, 0.6) is 0 Å². The summed E-state index contributed by atoms with van der Waals surface area (Å²) in [6.45, 7) is 7.68. The standard InChI is InChI=1S/C13H15NS/c1-4-11(3)10-15-13-9-7-6-8-12(13)14-5-2/h4-10H,1H2,2-3H3/b11-10+,14-5?. The minimum Gasteiger partial charge on any atom is -0.260 e. The molecule has 1 aromatic rings. The third-order valence-electron chi connectivity index (χ3n) is 1.83. The van der Waals surface area contributed by atoms with Crippen molar-refractivity contribution in [2.45, 2.75) is 18.7 Å². The van der Waals surface area contributed by atoms with Gasteiger partial charge in [-0.2, -0.15) is 0 Å². The number of benzene rings is 1. The molecule has 2 heteroatoms. The molecule has 0 saturated carbocycles. The zero-order chi connectivity index (χ0) is 11.1. The summed E-state index contributed by atoms with van der Waals surface area (Å²) in [5.41, 5.74) is 2.17. The molecule has 0 aromatic heterocycles. The van der Waals surface area contributed by atoms with Crippen molar-refractivity contribution in [3.8, 4) is 0 Å². The van der Waals surface area contributed by atoms with Crippen molar-refractivity contribution in [2.24, 2.45) is 4.99 Å². The van der Waals surface area contributed by atoms with E-state index < -0.39 is 0 Å². The fraction of sp³-hybridized carbons (Fsp3) is 0.154. The van der Waals surface area contributed by atoms with Crippen molar-refractivity contribution in [1.82, 2.24) is 0 Å². The first-order valence-corrected chi connectivity index (χ1v) is 5.69. The van der Waals surface area contributed by atoms with E-state index >= 15 is 0 Å². The Morgan fingerprint density at radius 2 is 2.13 bits per heavy atom. The zero-order valence-electron chi connectivity index (χ0n) is 9.10. The van der Waals surface area contributed by atoms with Gasteiger partial charge in [-0.15, -0.1) is 0 Å². The van der Waals surface area contributed by atoms with Gasteiger partial charge in [0.15, 0.2) is 0 Å². The summed E-state index contributed by atoms with van der Waals surface area (Å²) in [6, 6.07) is 8.10. The Labute approximate surface area is 95.6 Å². The van der Waals surface area contributed by atoms with Crippen molar-refractivity contribution in [3.63, 3.8) is 0 Å². The normalized spacial score (nSPS) is 12.0. The lowest BCUT2D eigenvalue weighted by Gasteiger charge is -2.01. The Hall–Kier alpha value is -1.28. The third kappa shape index (κ3) is 3.76. The van der Waals surface area contributed by atoms with E-state index in [-0.39, 0.29) is 0 Å². The summed E-state index contributed by atoms with van der Waals surface area (Å²) in [5.74, 6) is 0. The highest BCUT2D eigenvalue weighted by Crippen LogP contribution is 2.30. The lowest BCUT2D eigenvalue weighted by atomic mass is 10.3. The van der Waals surface area contributed by atoms with Gasteiger partial charge in [0.05, 0.1) is 5.69 Å². The Morgan fingerprint density at radius 3 is 2.80 bits per heavy atom. The van der Waals surface area contributed by atoms with Gasteiger partial charge in [-0.3, -0.25) is 4.99 Å². The van der Waals surface area contributed by atoms with Crippen molar-refractivity contribution in [3.05, 3.63) is 47.9 Å². The molecule has 1 aromatic carbocycles. The molecule has 0 amide bonds. The first-order chi connectivity index (χ1) is 7.27. The third-order valence-corrected chi connectivity index (χ3v) is 2.92. The number of aliphatic imine (C=N–C) groups is 1. The second-order valence-corrected chi connectivity index (χ2v) is 3.95. The molecule has 0 spiro atoms. The molecule has 78 valence electrons. The monoisotopic (exact) mass is 217 g/mol. The average molecular weight is 217 g/mol. The Kier molecular flexibility index (Phi) is 4.91. The SMILES string of the molecule is C=C/C(C)=C/Sc1ccccc1N=CC. The van der Waals surface area contributed by atoms with Crippen LogP contribution in [-0.4, -0.2) is 6.21 Å². The topological polar surface area (TPSA) is 12.4 Å². The molecular formula is C13H15NS. The van der Waals surface area contributed by atoms with Crippen LogP contribution >= 0.6 is 11.8 Å². The maximum absolute atomic E-state index is 4.31. The highest BCUT2D eigenvalue weighted by Gasteiger charge is 1.97. The predicted molar refractivity (Wildman–Crippen MR) is 70.1 cm³/mol. The van der Waals surface area contributed by atoms with E-state index in [1.807, 2.05) is 44.3 Å². The first-order valence-electron chi connectivity index (χ1n) is 4.81. The van der Waals surface area contributed by atoms with Crippen molar-refractivity contribution >= 4 is 23.7 Å². The lowest BCUT2D eigenvalue weighted by molar-refractivity contribution is 1.38. The molecule has 0 saturated heterocycles. The molecule has 0 heterocycles. The quantitative estimate of drug-likeness (QED) is 0.408. The summed E-state index contributed by atoms with van der Waals surface area (Å²) >= 11 is 1.67. The van der Waals surface area contributed by atoms with E-state index in [2.05, 4.69) is 23.0 Å². The number of nitrogens with zero attached hydrogens (tertiary/aromatic N) is 1. The molecule has 0 aliphatic rings. The highest BCUT2D eigenvalue weighted by atomic mass is 32.2. The van der Waals surface area contributed by atoms with Gasteiger partial charge in [0.2, 0.25) is 0 Å². The molecule has 1 nitrogen and oxygen atoms in total. The van der Waals surface area contributed by atoms with Crippen LogP contribution in [0.2, 0.25) is 0 Å². The first kappa shape index (κ1) is 11.8. The van der Waals surface area contributed by atoms with Gasteiger partial charge in [0.1, 0.15) is 0 Å². The van der Waals surface area contributed by atoms with Gasteiger partial charge in [0, 0.05) is 11.1 Å². The molecule has 0 aliphatic heterocycles. The van der Waals surface area contributed by atoms with E-state index in [0.29, 0.717) is 0 Å². The Morgan fingerprint density at radius 1 is 1.40 bits per heavy atom. The van der Waals surface area contributed by atoms with E-state index in [0.717, 1.165) is 16.2 Å². The fourth-order valence-corrected chi connectivity index (χ4v) is 1.81. The summed E-state index contributed by atoms with van der Waals surface area (Å²) < 4.78 is 0. The Balaban J connectivity index is 2.89. The van der Waals surface area contributed by atoms with E-state index in [4.69, 9.17) is 0 Å². The molecular weight excluding hydrogens is 202 g/mol. The number of thioether (sulfide) groups is 1. The molecule has 0 unspecified atom stereocenters. The van der Waals surface area contributed by atoms with Gasteiger partial charge >= 0.3 is 0 Å². The minimum atomic E-state index is 1.01. The van der Waals surface area contributed by atoms with Crippen molar-refractivity contribution in [1.29, 1.82) is 0 Å². The molecule has 0 bridgehead atoms. The number of rotatable bonds is 4. The Bertz CT molecular complexity index is 391. The number of para-hydroxylation sites is 1. The minimum absolute atomic E-state index is 1.01. The average Bonchev–Trinajstić information content (AvgIpc) is 2.28. The summed E-state index contributed by atoms with van der Waals surface area (Å²) in [5, 5.41) is 2.08. The fourth-order valence-electron chi connectivity index (χ4n) is 1.01. The van der Waals surface area contributed by atoms with Gasteiger partial charge in [0.25, 0.3) is 0 Å². The molecule has 0 aliphatic carbocycles. The number of hydrogen-bond acceptors (Lipinski definition) is 2. The zero-order valence-corrected chi connectivity index (χ0v) is 9.92. The van der Waals surface area contributed by atoms with Crippen LogP contribution in [0.1, 0.15) is 13.8 Å². The van der Waals surface area contributed by atoms with Crippen LogP contribution in [0.15, 0.2) is 57.8 Å². The smallest absolute Gasteiger partial charge is 0.0764 e. The maximum Gasteiger partial charge on any atom is 0.0764 e. The molecule has 0 N–H and O–H groups in total. The van der Waals surface area contributed by atoms with Gasteiger partial charge in [-0.05, 0) is 37.0 Å². The van der Waals surface area contributed by atoms with Crippen LogP contribution in [-0.2, 0) is 0 Å². The van der Waals surface area contributed by atoms with Crippen LogP contribution in [0, 0.1) is 0 Å². The summed E-state index contributed by atoms with van der Waals surface area (Å²) in [6.07, 6.45) is 3.65. The van der Waals surface area contributed by atoms with Gasteiger partial charge in [-0.1, -0.05) is 36.5 Å². The highest BCUT2D eigenvalue weighted by molar-refractivity contribution is 8.02. The number of allylic oxidation sites excluding steroid dienone is 2. The van der Waals surface area contributed by atoms with Crippen LogP contribution in [0.25, 0.3) is 0 Å². The summed E-state index contributed by atoms with van der Waals surface area (Å²) in [7, 11) is 0. The molecule has 15 heavy (non-hydrogen) atoms. The van der Waals surface area contributed by atoms with E-state index in [9.17, 15) is 0 Å². The molecule has 0 radical (unpaired) electrons. The second-order valence-electron chi connectivity index (χ2n) is 3.04. The van der Waals surface area contributed by atoms with Gasteiger partial charge in [-0.25, -0.2) is 0 Å². The second kappa shape index (κ2) is 6.25. The summed E-state index contributed by atoms with van der Waals surface area (Å²) in [4.78, 5) is 5.47. The van der Waals surface area contributed by atoms with Gasteiger partial charge < -0.3 is 0 Å². The molecule has 0 atom stereocenters. The van der Waals surface area contributed by atoms with E-state index in [1.165, 1.54) is 0 Å². The molecule has 0 fully saturated rings. The van der Waals surface area contributed by atoms with E-state index in [1.54, 1.807) is 11.8 Å².